The number of hydrogen-bond donors (Lipinski definition) is 2. The van der Waals surface area contributed by atoms with E-state index in [0.717, 1.165) is 0 Å². The summed E-state index contributed by atoms with van der Waals surface area (Å²) in [6.45, 7) is 3.29. The molecule has 2 aromatic carbocycles. The van der Waals surface area contributed by atoms with E-state index in [1.165, 1.54) is 6.92 Å². The summed E-state index contributed by atoms with van der Waals surface area (Å²) in [6, 6.07) is 9.27. The number of halogens is 3. The predicted molar refractivity (Wildman–Crippen MR) is 96.7 cm³/mol. The van der Waals surface area contributed by atoms with E-state index in [-0.39, 0.29) is 29.1 Å². The molecule has 2 rings (SSSR count). The van der Waals surface area contributed by atoms with Crippen LogP contribution in [0.1, 0.15) is 31.9 Å². The first-order valence-corrected chi connectivity index (χ1v) is 7.59. The monoisotopic (exact) mass is 372 g/mol. The Hall–Kier alpha value is -1.82. The number of ether oxygens (including phenoxy) is 1. The first kappa shape index (κ1) is 20.2. The topological polar surface area (TPSA) is 64.3 Å². The lowest BCUT2D eigenvalue weighted by Crippen LogP contribution is -2.11. The van der Waals surface area contributed by atoms with Gasteiger partial charge in [0, 0.05) is 24.2 Å². The van der Waals surface area contributed by atoms with Crippen LogP contribution in [-0.4, -0.2) is 5.91 Å². The molecule has 0 aliphatic carbocycles. The number of hydrogen-bond acceptors (Lipinski definition) is 3. The molecule has 0 aliphatic rings. The minimum atomic E-state index is -0.558. The van der Waals surface area contributed by atoms with Crippen LogP contribution in [-0.2, 0) is 4.79 Å². The van der Waals surface area contributed by atoms with E-state index in [1.54, 1.807) is 36.4 Å². The largest absolute Gasteiger partial charge is 0.453 e. The quantitative estimate of drug-likeness (QED) is 0.770. The number of nitrogens with two attached hydrogens (primary N) is 1. The molecule has 4 nitrogen and oxygen atoms in total. The Kier molecular flexibility index (Phi) is 7.48. The van der Waals surface area contributed by atoms with Gasteiger partial charge in [-0.1, -0.05) is 24.6 Å². The zero-order chi connectivity index (χ0) is 17.0. The first-order valence-electron chi connectivity index (χ1n) is 7.21. The summed E-state index contributed by atoms with van der Waals surface area (Å²) in [6.07, 6.45) is 0.601. The molecule has 3 N–H and O–H groups in total. The lowest BCUT2D eigenvalue weighted by molar-refractivity contribution is -0.114. The molecule has 0 unspecified atom stereocenters. The number of amides is 1. The Morgan fingerprint density at radius 2 is 1.92 bits per heavy atom. The van der Waals surface area contributed by atoms with Gasteiger partial charge in [0.1, 0.15) is 5.75 Å². The second-order valence-electron chi connectivity index (χ2n) is 5.10. The Labute approximate surface area is 151 Å². The highest BCUT2D eigenvalue weighted by Crippen LogP contribution is 2.36. The minimum Gasteiger partial charge on any atom is -0.453 e. The molecule has 0 saturated heterocycles. The molecule has 7 heteroatoms. The molecule has 0 bridgehead atoms. The van der Waals surface area contributed by atoms with Gasteiger partial charge in [0.25, 0.3) is 0 Å². The second kappa shape index (κ2) is 8.87. The Morgan fingerprint density at radius 1 is 1.29 bits per heavy atom. The van der Waals surface area contributed by atoms with Gasteiger partial charge in [0.15, 0.2) is 11.6 Å². The number of benzene rings is 2. The highest BCUT2D eigenvalue weighted by molar-refractivity contribution is 6.32. The molecule has 1 atom stereocenters. The summed E-state index contributed by atoms with van der Waals surface area (Å²) in [4.78, 5) is 11.0. The zero-order valence-electron chi connectivity index (χ0n) is 13.3. The fourth-order valence-corrected chi connectivity index (χ4v) is 2.26. The fourth-order valence-electron chi connectivity index (χ4n) is 2.07. The van der Waals surface area contributed by atoms with Crippen molar-refractivity contribution in [2.45, 2.75) is 26.3 Å². The van der Waals surface area contributed by atoms with Gasteiger partial charge in [0.05, 0.1) is 5.02 Å². The average molecular weight is 373 g/mol. The lowest BCUT2D eigenvalue weighted by atomic mass is 10.0. The molecule has 0 spiro atoms. The van der Waals surface area contributed by atoms with Crippen molar-refractivity contribution in [3.63, 3.8) is 0 Å². The summed E-state index contributed by atoms with van der Waals surface area (Å²) in [5.74, 6) is -0.380. The van der Waals surface area contributed by atoms with Crippen molar-refractivity contribution in [1.29, 1.82) is 0 Å². The molecule has 2 aromatic rings. The summed E-state index contributed by atoms with van der Waals surface area (Å²) >= 11 is 6.04. The van der Waals surface area contributed by atoms with Crippen molar-refractivity contribution >= 4 is 35.6 Å². The number of carbonyl (C=O) groups excluding carboxylic acids is 1. The SMILES string of the molecule is CC[C@@H](N)c1ccc(Cl)c(Oc2ccc(NC(C)=O)cc2)c1F.Cl. The van der Waals surface area contributed by atoms with Crippen molar-refractivity contribution in [1.82, 2.24) is 0 Å². The van der Waals surface area contributed by atoms with E-state index in [1.807, 2.05) is 6.92 Å². The van der Waals surface area contributed by atoms with Crippen LogP contribution in [0, 0.1) is 5.82 Å². The van der Waals surface area contributed by atoms with E-state index in [0.29, 0.717) is 23.4 Å². The van der Waals surface area contributed by atoms with Crippen LogP contribution in [0.2, 0.25) is 5.02 Å². The third-order valence-electron chi connectivity index (χ3n) is 3.31. The Morgan fingerprint density at radius 3 is 2.46 bits per heavy atom. The summed E-state index contributed by atoms with van der Waals surface area (Å²) in [7, 11) is 0. The van der Waals surface area contributed by atoms with Crippen molar-refractivity contribution in [3.8, 4) is 11.5 Å². The van der Waals surface area contributed by atoms with Crippen LogP contribution >= 0.6 is 24.0 Å². The molecule has 0 aliphatic heterocycles. The van der Waals surface area contributed by atoms with E-state index in [2.05, 4.69) is 5.32 Å². The van der Waals surface area contributed by atoms with Crippen molar-refractivity contribution in [2.75, 3.05) is 5.32 Å². The van der Waals surface area contributed by atoms with Gasteiger partial charge in [-0.3, -0.25) is 4.79 Å². The normalized spacial score (nSPS) is 11.4. The molecule has 1 amide bonds. The van der Waals surface area contributed by atoms with Gasteiger partial charge in [-0.05, 0) is 36.8 Å². The van der Waals surface area contributed by atoms with Crippen LogP contribution in [0.5, 0.6) is 11.5 Å². The van der Waals surface area contributed by atoms with Gasteiger partial charge in [-0.2, -0.15) is 0 Å². The minimum absolute atomic E-state index is 0. The first-order chi connectivity index (χ1) is 10.9. The molecule has 0 heterocycles. The fraction of sp³-hybridized carbons (Fsp3) is 0.235. The molecule has 0 fully saturated rings. The molecule has 130 valence electrons. The molecular formula is C17H19Cl2FN2O2. The van der Waals surface area contributed by atoms with E-state index in [4.69, 9.17) is 22.1 Å². The van der Waals surface area contributed by atoms with Crippen LogP contribution in [0.3, 0.4) is 0 Å². The maximum Gasteiger partial charge on any atom is 0.221 e. The standard InChI is InChI=1S/C17H18ClFN2O2.ClH/c1-3-15(20)13-8-9-14(18)17(16(13)19)23-12-6-4-11(5-7-12)21-10(2)22;/h4-9,15H,3,20H2,1-2H3,(H,21,22);1H/t15-;/m1./s1. The van der Waals surface area contributed by atoms with Crippen LogP contribution in [0.15, 0.2) is 36.4 Å². The number of nitrogens with one attached hydrogen (secondary N) is 1. The van der Waals surface area contributed by atoms with Crippen LogP contribution < -0.4 is 15.8 Å². The third-order valence-corrected chi connectivity index (χ3v) is 3.61. The van der Waals surface area contributed by atoms with Crippen molar-refractivity contribution in [2.24, 2.45) is 5.73 Å². The summed E-state index contributed by atoms with van der Waals surface area (Å²) in [5.41, 5.74) is 6.88. The highest BCUT2D eigenvalue weighted by atomic mass is 35.5. The molecule has 24 heavy (non-hydrogen) atoms. The van der Waals surface area contributed by atoms with Gasteiger partial charge in [-0.15, -0.1) is 12.4 Å². The van der Waals surface area contributed by atoms with Crippen LogP contribution in [0.25, 0.3) is 0 Å². The summed E-state index contributed by atoms with van der Waals surface area (Å²) in [5, 5.41) is 2.81. The second-order valence-corrected chi connectivity index (χ2v) is 5.51. The Balaban J connectivity index is 0.00000288. The van der Waals surface area contributed by atoms with E-state index < -0.39 is 11.9 Å². The average Bonchev–Trinajstić information content (AvgIpc) is 2.52. The molecular weight excluding hydrogens is 354 g/mol. The van der Waals surface area contributed by atoms with Gasteiger partial charge < -0.3 is 15.8 Å². The number of anilines is 1. The van der Waals surface area contributed by atoms with E-state index in [9.17, 15) is 9.18 Å². The smallest absolute Gasteiger partial charge is 0.221 e. The molecule has 0 aromatic heterocycles. The lowest BCUT2D eigenvalue weighted by Gasteiger charge is -2.15. The maximum absolute atomic E-state index is 14.6. The van der Waals surface area contributed by atoms with Gasteiger partial charge >= 0.3 is 0 Å². The van der Waals surface area contributed by atoms with E-state index >= 15 is 0 Å². The van der Waals surface area contributed by atoms with Crippen molar-refractivity contribution < 1.29 is 13.9 Å². The Bertz CT molecular complexity index is 708. The number of rotatable bonds is 5. The van der Waals surface area contributed by atoms with Gasteiger partial charge in [-0.25, -0.2) is 4.39 Å². The number of carbonyl (C=O) groups is 1. The zero-order valence-corrected chi connectivity index (χ0v) is 14.9. The van der Waals surface area contributed by atoms with Gasteiger partial charge in [0.2, 0.25) is 5.91 Å². The van der Waals surface area contributed by atoms with Crippen LogP contribution in [0.4, 0.5) is 10.1 Å². The van der Waals surface area contributed by atoms with Crippen molar-refractivity contribution in [3.05, 3.63) is 52.8 Å². The predicted octanol–water partition coefficient (Wildman–Crippen LogP) is 5.06. The summed E-state index contributed by atoms with van der Waals surface area (Å²) < 4.78 is 20.1. The molecule has 0 radical (unpaired) electrons. The third kappa shape index (κ3) is 4.84. The molecule has 0 saturated carbocycles. The highest BCUT2D eigenvalue weighted by Gasteiger charge is 2.18. The maximum atomic E-state index is 14.6.